The van der Waals surface area contributed by atoms with Gasteiger partial charge in [0.15, 0.2) is 5.65 Å². The first-order valence-corrected chi connectivity index (χ1v) is 6.78. The molecule has 0 aliphatic rings. The van der Waals surface area contributed by atoms with E-state index in [1.807, 2.05) is 6.92 Å². The van der Waals surface area contributed by atoms with Crippen LogP contribution in [0.1, 0.15) is 36.3 Å². The van der Waals surface area contributed by atoms with Gasteiger partial charge in [0, 0.05) is 19.8 Å². The second kappa shape index (κ2) is 5.33. The summed E-state index contributed by atoms with van der Waals surface area (Å²) in [5, 5.41) is 27.5. The minimum absolute atomic E-state index is 0.0745. The second-order valence-corrected chi connectivity index (χ2v) is 5.46. The van der Waals surface area contributed by atoms with Gasteiger partial charge in [-0.15, -0.1) is 0 Å². The SMILES string of the molecule is CCC(C)(O)CNc1c(C(=O)O)cnc2c1c(C)nn2C. The fourth-order valence-corrected chi connectivity index (χ4v) is 2.16. The zero-order valence-electron chi connectivity index (χ0n) is 12.6. The molecule has 2 rings (SSSR count). The fourth-order valence-electron chi connectivity index (χ4n) is 2.16. The van der Waals surface area contributed by atoms with E-state index in [1.165, 1.54) is 6.20 Å². The number of pyridine rings is 1. The standard InChI is InChI=1S/C14H20N4O3/c1-5-14(3,21)7-16-11-9(13(19)20)6-15-12-10(11)8(2)17-18(12)4/h6,21H,5,7H2,1-4H3,(H,15,16)(H,19,20). The van der Waals surface area contributed by atoms with Crippen LogP contribution in [0.3, 0.4) is 0 Å². The van der Waals surface area contributed by atoms with Crippen LogP contribution in [0.25, 0.3) is 11.0 Å². The molecule has 7 nitrogen and oxygen atoms in total. The summed E-state index contributed by atoms with van der Waals surface area (Å²) in [5.74, 6) is -1.06. The molecule has 0 saturated carbocycles. The Labute approximate surface area is 122 Å². The normalized spacial score (nSPS) is 14.1. The molecule has 0 aromatic carbocycles. The van der Waals surface area contributed by atoms with Gasteiger partial charge in [0.25, 0.3) is 0 Å². The van der Waals surface area contributed by atoms with Gasteiger partial charge >= 0.3 is 5.97 Å². The Morgan fingerprint density at radius 2 is 2.19 bits per heavy atom. The lowest BCUT2D eigenvalue weighted by Crippen LogP contribution is -2.33. The van der Waals surface area contributed by atoms with Gasteiger partial charge < -0.3 is 15.5 Å². The first-order valence-electron chi connectivity index (χ1n) is 6.78. The summed E-state index contributed by atoms with van der Waals surface area (Å²) in [4.78, 5) is 15.6. The van der Waals surface area contributed by atoms with E-state index in [4.69, 9.17) is 0 Å². The molecule has 0 fully saturated rings. The van der Waals surface area contributed by atoms with Gasteiger partial charge in [-0.3, -0.25) is 4.68 Å². The Bertz CT molecular complexity index is 691. The van der Waals surface area contributed by atoms with E-state index in [1.54, 1.807) is 25.6 Å². The zero-order chi connectivity index (χ0) is 15.8. The molecular formula is C14H20N4O3. The summed E-state index contributed by atoms with van der Waals surface area (Å²) in [7, 11) is 1.76. The average Bonchev–Trinajstić information content (AvgIpc) is 2.71. The topological polar surface area (TPSA) is 100 Å². The van der Waals surface area contributed by atoms with Crippen LogP contribution in [0.2, 0.25) is 0 Å². The predicted octanol–water partition coefficient (Wildman–Crippen LogP) is 1.55. The zero-order valence-corrected chi connectivity index (χ0v) is 12.6. The third kappa shape index (κ3) is 2.82. The van der Waals surface area contributed by atoms with Crippen LogP contribution in [0.4, 0.5) is 5.69 Å². The summed E-state index contributed by atoms with van der Waals surface area (Å²) in [5.41, 5.74) is 0.914. The van der Waals surface area contributed by atoms with Gasteiger partial charge in [-0.05, 0) is 20.3 Å². The lowest BCUT2D eigenvalue weighted by atomic mass is 10.0. The van der Waals surface area contributed by atoms with Gasteiger partial charge in [0.2, 0.25) is 0 Å². The van der Waals surface area contributed by atoms with E-state index < -0.39 is 11.6 Å². The molecule has 2 aromatic heterocycles. The molecule has 1 atom stereocenters. The number of aromatic carboxylic acids is 1. The minimum Gasteiger partial charge on any atom is -0.478 e. The van der Waals surface area contributed by atoms with E-state index in [0.717, 1.165) is 0 Å². The van der Waals surface area contributed by atoms with E-state index in [2.05, 4.69) is 15.4 Å². The highest BCUT2D eigenvalue weighted by Crippen LogP contribution is 2.29. The van der Waals surface area contributed by atoms with Crippen molar-refractivity contribution in [2.24, 2.45) is 7.05 Å². The van der Waals surface area contributed by atoms with Crippen LogP contribution in [0.15, 0.2) is 6.20 Å². The first-order chi connectivity index (χ1) is 9.76. The van der Waals surface area contributed by atoms with Gasteiger partial charge in [-0.2, -0.15) is 5.10 Å². The number of carboxylic acid groups (broad SMARTS) is 1. The van der Waals surface area contributed by atoms with Gasteiger partial charge in [-0.1, -0.05) is 6.92 Å². The summed E-state index contributed by atoms with van der Waals surface area (Å²) in [6.07, 6.45) is 1.87. The van der Waals surface area contributed by atoms with E-state index in [-0.39, 0.29) is 12.1 Å². The summed E-state index contributed by atoms with van der Waals surface area (Å²) in [6.45, 7) is 5.63. The van der Waals surface area contributed by atoms with Gasteiger partial charge in [0.1, 0.15) is 5.56 Å². The van der Waals surface area contributed by atoms with Crippen molar-refractivity contribution < 1.29 is 15.0 Å². The highest BCUT2D eigenvalue weighted by molar-refractivity contribution is 6.04. The van der Waals surface area contributed by atoms with Crippen molar-refractivity contribution in [3.05, 3.63) is 17.5 Å². The molecular weight excluding hydrogens is 272 g/mol. The van der Waals surface area contributed by atoms with Crippen molar-refractivity contribution in [1.82, 2.24) is 14.8 Å². The number of nitrogens with one attached hydrogen (secondary N) is 1. The number of carboxylic acids is 1. The number of aromatic nitrogens is 3. The average molecular weight is 292 g/mol. The van der Waals surface area contributed by atoms with Crippen LogP contribution in [-0.4, -0.2) is 43.1 Å². The van der Waals surface area contributed by atoms with E-state index in [9.17, 15) is 15.0 Å². The van der Waals surface area contributed by atoms with Crippen molar-refractivity contribution in [1.29, 1.82) is 0 Å². The second-order valence-electron chi connectivity index (χ2n) is 5.46. The number of carbonyl (C=O) groups is 1. The molecule has 3 N–H and O–H groups in total. The van der Waals surface area contributed by atoms with Crippen LogP contribution >= 0.6 is 0 Å². The Hall–Kier alpha value is -2.15. The van der Waals surface area contributed by atoms with Crippen molar-refractivity contribution in [3.63, 3.8) is 0 Å². The highest BCUT2D eigenvalue weighted by atomic mass is 16.4. The molecule has 0 aliphatic heterocycles. The van der Waals surface area contributed by atoms with Gasteiger partial charge in [-0.25, -0.2) is 9.78 Å². The Kier molecular flexibility index (Phi) is 3.87. The van der Waals surface area contributed by atoms with Crippen molar-refractivity contribution in [2.75, 3.05) is 11.9 Å². The molecule has 21 heavy (non-hydrogen) atoms. The monoisotopic (exact) mass is 292 g/mol. The molecule has 2 heterocycles. The number of hydrogen-bond acceptors (Lipinski definition) is 5. The number of rotatable bonds is 5. The molecule has 0 spiro atoms. The fraction of sp³-hybridized carbons (Fsp3) is 0.500. The van der Waals surface area contributed by atoms with Crippen molar-refractivity contribution in [2.45, 2.75) is 32.8 Å². The maximum absolute atomic E-state index is 11.4. The lowest BCUT2D eigenvalue weighted by molar-refractivity contribution is 0.0677. The predicted molar refractivity (Wildman–Crippen MR) is 79.6 cm³/mol. The molecule has 0 bridgehead atoms. The molecule has 7 heteroatoms. The molecule has 0 radical (unpaired) electrons. The largest absolute Gasteiger partial charge is 0.478 e. The first kappa shape index (κ1) is 15.2. The lowest BCUT2D eigenvalue weighted by Gasteiger charge is -2.23. The summed E-state index contributed by atoms with van der Waals surface area (Å²) < 4.78 is 1.61. The van der Waals surface area contributed by atoms with Crippen LogP contribution in [0.5, 0.6) is 0 Å². The van der Waals surface area contributed by atoms with Crippen molar-refractivity contribution in [3.8, 4) is 0 Å². The third-order valence-corrected chi connectivity index (χ3v) is 3.67. The van der Waals surface area contributed by atoms with Crippen LogP contribution in [0, 0.1) is 6.92 Å². The maximum atomic E-state index is 11.4. The number of nitrogens with zero attached hydrogens (tertiary/aromatic N) is 3. The quantitative estimate of drug-likeness (QED) is 0.773. The molecule has 1 unspecified atom stereocenters. The minimum atomic E-state index is -1.06. The van der Waals surface area contributed by atoms with Crippen LogP contribution < -0.4 is 5.32 Å². The Morgan fingerprint density at radius 1 is 1.52 bits per heavy atom. The van der Waals surface area contributed by atoms with Gasteiger partial charge in [0.05, 0.1) is 22.4 Å². The number of hydrogen-bond donors (Lipinski definition) is 3. The number of anilines is 1. The summed E-state index contributed by atoms with van der Waals surface area (Å²) in [6, 6.07) is 0. The number of aryl methyl sites for hydroxylation is 2. The molecule has 0 saturated heterocycles. The number of fused-ring (bicyclic) bond motifs is 1. The third-order valence-electron chi connectivity index (χ3n) is 3.67. The van der Waals surface area contributed by atoms with Crippen LogP contribution in [-0.2, 0) is 7.05 Å². The highest BCUT2D eigenvalue weighted by Gasteiger charge is 2.22. The number of aliphatic hydroxyl groups is 1. The molecule has 0 aliphatic carbocycles. The Morgan fingerprint density at radius 3 is 2.76 bits per heavy atom. The smallest absolute Gasteiger partial charge is 0.339 e. The Balaban J connectivity index is 2.57. The molecule has 0 amide bonds. The van der Waals surface area contributed by atoms with Crippen molar-refractivity contribution >= 4 is 22.7 Å². The molecule has 2 aromatic rings. The maximum Gasteiger partial charge on any atom is 0.339 e. The molecule has 114 valence electrons. The summed E-state index contributed by atoms with van der Waals surface area (Å²) >= 11 is 0. The van der Waals surface area contributed by atoms with E-state index >= 15 is 0 Å². The van der Waals surface area contributed by atoms with E-state index in [0.29, 0.717) is 28.8 Å².